The number of non-ortho nitro benzene ring substituents is 1. The Balaban J connectivity index is 1.33. The average Bonchev–Trinajstić information content (AvgIpc) is 3.45. The van der Waals surface area contributed by atoms with E-state index in [4.69, 9.17) is 15.2 Å². The molecule has 1 aliphatic rings. The fourth-order valence-corrected chi connectivity index (χ4v) is 4.07. The summed E-state index contributed by atoms with van der Waals surface area (Å²) >= 11 is 0. The summed E-state index contributed by atoms with van der Waals surface area (Å²) in [5.74, 6) is 0.753. The lowest BCUT2D eigenvalue weighted by molar-refractivity contribution is -0.384. The molecule has 2 aromatic heterocycles. The Morgan fingerprint density at radius 1 is 1.21 bits per heavy atom. The van der Waals surface area contributed by atoms with Gasteiger partial charge in [0, 0.05) is 12.1 Å². The van der Waals surface area contributed by atoms with Crippen LogP contribution in [0, 0.1) is 10.1 Å². The second-order valence-corrected chi connectivity index (χ2v) is 8.62. The summed E-state index contributed by atoms with van der Waals surface area (Å²) in [6.45, 7) is -0.282. The van der Waals surface area contributed by atoms with Crippen molar-refractivity contribution in [2.75, 3.05) is 17.8 Å². The van der Waals surface area contributed by atoms with E-state index in [9.17, 15) is 25.4 Å². The molecule has 0 aliphatic carbocycles. The number of nitrogens with one attached hydrogen (secondary N) is 1. The fraction of sp³-hybridized carbons (Fsp3) is 0.250. The zero-order valence-corrected chi connectivity index (χ0v) is 20.2. The number of aliphatic hydroxyl groups excluding tert-OH is 3. The van der Waals surface area contributed by atoms with Gasteiger partial charge in [0.2, 0.25) is 5.95 Å². The van der Waals surface area contributed by atoms with Crippen LogP contribution in [0.3, 0.4) is 0 Å². The first kappa shape index (κ1) is 25.9. The standard InChI is InChI=1S/C24H24N8O7/c25-21-18-22(27-12-26-21)31(23-20(35)19(34)17(10-33)39-23)24(29-18)30-28-9-14-2-1-3-16(8-14)38-11-13-4-6-15(7-5-13)32(36)37/h1-9,12,17,19-20,23,33-35H,10-11H2,(H,29,30)(H2,25,26,27)/b28-9+/t17-,19-,20+,23-/m1/s1. The molecule has 6 N–H and O–H groups in total. The normalized spacial score (nSPS) is 21.0. The molecule has 4 aromatic rings. The first-order valence-electron chi connectivity index (χ1n) is 11.7. The van der Waals surface area contributed by atoms with Crippen molar-refractivity contribution in [2.45, 2.75) is 31.1 Å². The first-order valence-corrected chi connectivity index (χ1v) is 11.7. The van der Waals surface area contributed by atoms with E-state index in [2.05, 4.69) is 25.5 Å². The number of nitro benzene ring substituents is 1. The van der Waals surface area contributed by atoms with Crippen molar-refractivity contribution < 1.29 is 29.7 Å². The molecule has 15 heteroatoms. The molecule has 4 atom stereocenters. The molecule has 39 heavy (non-hydrogen) atoms. The highest BCUT2D eigenvalue weighted by atomic mass is 16.6. The van der Waals surface area contributed by atoms with Crippen LogP contribution in [0.25, 0.3) is 11.2 Å². The SMILES string of the molecule is Nc1ncnc2c1nc(N/N=C/c1cccc(OCc3ccc([N+](=O)[O-])cc3)c1)n2[C@@H]1O[C@H](CO)[C@@H](O)[C@@H]1O. The molecule has 5 rings (SSSR count). The monoisotopic (exact) mass is 536 g/mol. The quantitative estimate of drug-likeness (QED) is 0.115. The van der Waals surface area contributed by atoms with Crippen molar-refractivity contribution >= 4 is 34.8 Å². The molecule has 0 radical (unpaired) electrons. The van der Waals surface area contributed by atoms with Crippen LogP contribution >= 0.6 is 0 Å². The predicted octanol–water partition coefficient (Wildman–Crippen LogP) is 0.953. The molecule has 0 bridgehead atoms. The molecule has 1 saturated heterocycles. The summed E-state index contributed by atoms with van der Waals surface area (Å²) in [6.07, 6.45) is -2.12. The van der Waals surface area contributed by atoms with Gasteiger partial charge in [-0.3, -0.25) is 14.7 Å². The van der Waals surface area contributed by atoms with Gasteiger partial charge >= 0.3 is 0 Å². The number of nitrogens with two attached hydrogens (primary N) is 1. The van der Waals surface area contributed by atoms with Gasteiger partial charge in [-0.2, -0.15) is 5.10 Å². The number of nitrogens with zero attached hydrogens (tertiary/aromatic N) is 6. The minimum absolute atomic E-state index is 0.00566. The number of benzene rings is 2. The molecule has 0 spiro atoms. The molecule has 0 unspecified atom stereocenters. The molecule has 1 aliphatic heterocycles. The van der Waals surface area contributed by atoms with Gasteiger partial charge in [-0.05, 0) is 35.4 Å². The summed E-state index contributed by atoms with van der Waals surface area (Å²) < 4.78 is 12.8. The number of imidazole rings is 1. The van der Waals surface area contributed by atoms with Crippen molar-refractivity contribution in [2.24, 2.45) is 5.10 Å². The maximum Gasteiger partial charge on any atom is 0.269 e. The number of aromatic nitrogens is 4. The van der Waals surface area contributed by atoms with Gasteiger partial charge in [0.05, 0.1) is 17.7 Å². The van der Waals surface area contributed by atoms with E-state index in [0.29, 0.717) is 11.3 Å². The van der Waals surface area contributed by atoms with Gasteiger partial charge in [-0.25, -0.2) is 20.4 Å². The van der Waals surface area contributed by atoms with E-state index in [1.807, 2.05) is 0 Å². The zero-order chi connectivity index (χ0) is 27.5. The Labute approximate surface area is 220 Å². The van der Waals surface area contributed by atoms with Crippen LogP contribution in [-0.4, -0.2) is 70.9 Å². The smallest absolute Gasteiger partial charge is 0.269 e. The van der Waals surface area contributed by atoms with Gasteiger partial charge in [0.15, 0.2) is 23.2 Å². The number of ether oxygens (including phenoxy) is 2. The van der Waals surface area contributed by atoms with Crippen LogP contribution in [0.5, 0.6) is 5.75 Å². The summed E-state index contributed by atoms with van der Waals surface area (Å²) in [5.41, 5.74) is 10.7. The Bertz CT molecular complexity index is 1510. The molecule has 2 aromatic carbocycles. The summed E-state index contributed by atoms with van der Waals surface area (Å²) in [4.78, 5) is 22.8. The minimum Gasteiger partial charge on any atom is -0.489 e. The van der Waals surface area contributed by atoms with Gasteiger partial charge < -0.3 is 30.5 Å². The third kappa shape index (κ3) is 5.32. The molecule has 15 nitrogen and oxygen atoms in total. The number of nitro groups is 1. The summed E-state index contributed by atoms with van der Waals surface area (Å²) in [5, 5.41) is 45.3. The van der Waals surface area contributed by atoms with Crippen molar-refractivity contribution in [1.29, 1.82) is 0 Å². The van der Waals surface area contributed by atoms with Crippen LogP contribution in [0.15, 0.2) is 60.0 Å². The van der Waals surface area contributed by atoms with Crippen LogP contribution < -0.4 is 15.9 Å². The highest BCUT2D eigenvalue weighted by molar-refractivity contribution is 5.85. The fourth-order valence-electron chi connectivity index (χ4n) is 4.07. The van der Waals surface area contributed by atoms with E-state index in [-0.39, 0.29) is 35.2 Å². The second kappa shape index (κ2) is 11.0. The van der Waals surface area contributed by atoms with Crippen molar-refractivity contribution in [3.05, 3.63) is 76.1 Å². The first-order chi connectivity index (χ1) is 18.9. The number of fused-ring (bicyclic) bond motifs is 1. The van der Waals surface area contributed by atoms with Gasteiger partial charge in [-0.1, -0.05) is 12.1 Å². The lowest BCUT2D eigenvalue weighted by Gasteiger charge is -2.18. The highest BCUT2D eigenvalue weighted by Crippen LogP contribution is 2.35. The van der Waals surface area contributed by atoms with E-state index >= 15 is 0 Å². The Kier molecular flexibility index (Phi) is 7.29. The number of aliphatic hydroxyl groups is 3. The van der Waals surface area contributed by atoms with Crippen LogP contribution in [0.2, 0.25) is 0 Å². The lowest BCUT2D eigenvalue weighted by Crippen LogP contribution is -2.33. The third-order valence-electron chi connectivity index (χ3n) is 6.07. The number of rotatable bonds is 9. The van der Waals surface area contributed by atoms with Crippen molar-refractivity contribution in [1.82, 2.24) is 19.5 Å². The Morgan fingerprint density at radius 2 is 2.00 bits per heavy atom. The number of hydrogen-bond donors (Lipinski definition) is 5. The van der Waals surface area contributed by atoms with E-state index < -0.39 is 36.1 Å². The zero-order valence-electron chi connectivity index (χ0n) is 20.2. The number of nitrogen functional groups attached to an aromatic ring is 1. The van der Waals surface area contributed by atoms with E-state index in [0.717, 1.165) is 5.56 Å². The molecular weight excluding hydrogens is 512 g/mol. The molecule has 0 amide bonds. The van der Waals surface area contributed by atoms with Gasteiger partial charge in [0.1, 0.15) is 37.0 Å². The molecule has 3 heterocycles. The molecule has 1 fully saturated rings. The van der Waals surface area contributed by atoms with Gasteiger partial charge in [0.25, 0.3) is 5.69 Å². The number of anilines is 2. The lowest BCUT2D eigenvalue weighted by atomic mass is 10.1. The highest BCUT2D eigenvalue weighted by Gasteiger charge is 2.45. The number of hydrazone groups is 1. The van der Waals surface area contributed by atoms with Crippen molar-refractivity contribution in [3.8, 4) is 5.75 Å². The molecular formula is C24H24N8O7. The predicted molar refractivity (Wildman–Crippen MR) is 138 cm³/mol. The second-order valence-electron chi connectivity index (χ2n) is 8.62. The Morgan fingerprint density at radius 3 is 2.72 bits per heavy atom. The van der Waals surface area contributed by atoms with Crippen LogP contribution in [0.1, 0.15) is 17.4 Å². The van der Waals surface area contributed by atoms with E-state index in [1.165, 1.54) is 29.2 Å². The maximum atomic E-state index is 10.8. The average molecular weight is 537 g/mol. The van der Waals surface area contributed by atoms with Crippen LogP contribution in [-0.2, 0) is 11.3 Å². The largest absolute Gasteiger partial charge is 0.489 e. The van der Waals surface area contributed by atoms with E-state index in [1.54, 1.807) is 36.4 Å². The van der Waals surface area contributed by atoms with Gasteiger partial charge in [-0.15, -0.1) is 0 Å². The third-order valence-corrected chi connectivity index (χ3v) is 6.07. The van der Waals surface area contributed by atoms with Crippen molar-refractivity contribution in [3.63, 3.8) is 0 Å². The Hall–Kier alpha value is -4.70. The minimum atomic E-state index is -1.38. The number of hydrogen-bond acceptors (Lipinski definition) is 13. The molecule has 202 valence electrons. The topological polar surface area (TPSA) is 216 Å². The summed E-state index contributed by atoms with van der Waals surface area (Å²) in [6, 6.07) is 13.2. The summed E-state index contributed by atoms with van der Waals surface area (Å²) in [7, 11) is 0. The molecule has 0 saturated carbocycles. The maximum absolute atomic E-state index is 10.8. The van der Waals surface area contributed by atoms with Crippen LogP contribution in [0.4, 0.5) is 17.5 Å².